The van der Waals surface area contributed by atoms with E-state index in [2.05, 4.69) is 5.32 Å². The molecular formula is C24H27N3O3. The number of carbonyl (C=O) groups excluding carboxylic acids is 3. The first kappa shape index (κ1) is 20.1. The Morgan fingerprint density at radius 2 is 1.73 bits per heavy atom. The topological polar surface area (TPSA) is 69.7 Å². The van der Waals surface area contributed by atoms with Crippen LogP contribution in [-0.2, 0) is 14.4 Å². The maximum atomic E-state index is 13.7. The predicted octanol–water partition coefficient (Wildman–Crippen LogP) is 3.47. The van der Waals surface area contributed by atoms with Gasteiger partial charge in [-0.15, -0.1) is 0 Å². The van der Waals surface area contributed by atoms with E-state index in [9.17, 15) is 14.4 Å². The molecule has 3 amide bonds. The second-order valence-electron chi connectivity index (χ2n) is 8.09. The molecule has 2 aliphatic heterocycles. The van der Waals surface area contributed by atoms with Gasteiger partial charge in [-0.1, -0.05) is 35.9 Å². The van der Waals surface area contributed by atoms with Crippen LogP contribution in [0.2, 0.25) is 0 Å². The highest BCUT2D eigenvalue weighted by Gasteiger charge is 2.35. The van der Waals surface area contributed by atoms with Crippen LogP contribution < -0.4 is 10.2 Å². The molecule has 1 unspecified atom stereocenters. The number of aryl methyl sites for hydroxylation is 1. The molecular weight excluding hydrogens is 378 g/mol. The van der Waals surface area contributed by atoms with E-state index in [1.54, 1.807) is 4.90 Å². The van der Waals surface area contributed by atoms with Gasteiger partial charge >= 0.3 is 0 Å². The van der Waals surface area contributed by atoms with E-state index in [0.29, 0.717) is 11.4 Å². The highest BCUT2D eigenvalue weighted by atomic mass is 16.2. The van der Waals surface area contributed by atoms with Crippen LogP contribution in [0.5, 0.6) is 0 Å². The van der Waals surface area contributed by atoms with E-state index in [0.717, 1.165) is 43.5 Å². The van der Waals surface area contributed by atoms with Crippen molar-refractivity contribution in [1.82, 2.24) is 4.90 Å². The van der Waals surface area contributed by atoms with Crippen LogP contribution in [0.15, 0.2) is 48.5 Å². The van der Waals surface area contributed by atoms with Crippen molar-refractivity contribution in [1.29, 1.82) is 0 Å². The first-order valence-electron chi connectivity index (χ1n) is 10.6. The molecule has 0 aliphatic carbocycles. The molecule has 0 saturated carbocycles. The van der Waals surface area contributed by atoms with Crippen LogP contribution in [0, 0.1) is 6.92 Å². The zero-order valence-electron chi connectivity index (χ0n) is 17.3. The van der Waals surface area contributed by atoms with Crippen LogP contribution >= 0.6 is 0 Å². The summed E-state index contributed by atoms with van der Waals surface area (Å²) in [5, 5.41) is 2.84. The van der Waals surface area contributed by atoms with Crippen LogP contribution in [0.25, 0.3) is 0 Å². The normalized spacial score (nSPS) is 18.4. The molecule has 6 nitrogen and oxygen atoms in total. The monoisotopic (exact) mass is 405 g/mol. The second kappa shape index (κ2) is 8.69. The summed E-state index contributed by atoms with van der Waals surface area (Å²) < 4.78 is 0. The van der Waals surface area contributed by atoms with Crippen molar-refractivity contribution in [3.05, 3.63) is 59.7 Å². The van der Waals surface area contributed by atoms with E-state index in [4.69, 9.17) is 0 Å². The molecule has 2 aliphatic rings. The van der Waals surface area contributed by atoms with E-state index in [1.165, 1.54) is 0 Å². The van der Waals surface area contributed by atoms with Crippen molar-refractivity contribution in [2.75, 3.05) is 29.9 Å². The van der Waals surface area contributed by atoms with Crippen molar-refractivity contribution in [3.8, 4) is 0 Å². The van der Waals surface area contributed by atoms with Gasteiger partial charge in [0.15, 0.2) is 0 Å². The Morgan fingerprint density at radius 1 is 1.03 bits per heavy atom. The molecule has 0 bridgehead atoms. The number of anilines is 2. The number of likely N-dealkylation sites (tertiary alicyclic amines) is 1. The third kappa shape index (κ3) is 4.22. The molecule has 2 aromatic rings. The number of fused-ring (bicyclic) bond motifs is 1. The lowest BCUT2D eigenvalue weighted by atomic mass is 9.89. The third-order valence-electron chi connectivity index (χ3n) is 5.91. The van der Waals surface area contributed by atoms with Gasteiger partial charge in [0, 0.05) is 30.9 Å². The predicted molar refractivity (Wildman–Crippen MR) is 116 cm³/mol. The van der Waals surface area contributed by atoms with E-state index < -0.39 is 5.92 Å². The second-order valence-corrected chi connectivity index (χ2v) is 8.09. The van der Waals surface area contributed by atoms with Crippen LogP contribution in [0.4, 0.5) is 11.4 Å². The van der Waals surface area contributed by atoms with Gasteiger partial charge in [0.2, 0.25) is 17.7 Å². The summed E-state index contributed by atoms with van der Waals surface area (Å²) in [7, 11) is 0. The van der Waals surface area contributed by atoms with Gasteiger partial charge in [0.25, 0.3) is 0 Å². The highest BCUT2D eigenvalue weighted by Crippen LogP contribution is 2.34. The SMILES string of the molecule is Cc1ccc(N(CC(=O)N2CCCCC2)C(=O)C2CC(=O)Nc3ccccc32)cc1. The van der Waals surface area contributed by atoms with Gasteiger partial charge in [-0.2, -0.15) is 0 Å². The molecule has 0 spiro atoms. The van der Waals surface area contributed by atoms with E-state index in [-0.39, 0.29) is 30.7 Å². The summed E-state index contributed by atoms with van der Waals surface area (Å²) in [4.78, 5) is 42.3. The lowest BCUT2D eigenvalue weighted by molar-refractivity contribution is -0.132. The number of hydrogen-bond donors (Lipinski definition) is 1. The Kier molecular flexibility index (Phi) is 5.84. The molecule has 2 heterocycles. The fourth-order valence-corrected chi connectivity index (χ4v) is 4.22. The standard InChI is InChI=1S/C24H27N3O3/c1-17-9-11-18(12-10-17)27(16-23(29)26-13-5-2-6-14-26)24(30)20-15-22(28)25-21-8-4-3-7-19(20)21/h3-4,7-12,20H,2,5-6,13-16H2,1H3,(H,25,28). The number of piperidine rings is 1. The summed E-state index contributed by atoms with van der Waals surface area (Å²) in [5.74, 6) is -1.05. The minimum atomic E-state index is -0.606. The fraction of sp³-hybridized carbons (Fsp3) is 0.375. The Morgan fingerprint density at radius 3 is 2.47 bits per heavy atom. The first-order valence-corrected chi connectivity index (χ1v) is 10.6. The first-order chi connectivity index (χ1) is 14.5. The quantitative estimate of drug-likeness (QED) is 0.847. The average Bonchev–Trinajstić information content (AvgIpc) is 2.77. The summed E-state index contributed by atoms with van der Waals surface area (Å²) in [6.07, 6.45) is 3.22. The van der Waals surface area contributed by atoms with Crippen LogP contribution in [-0.4, -0.2) is 42.3 Å². The minimum Gasteiger partial charge on any atom is -0.341 e. The summed E-state index contributed by atoms with van der Waals surface area (Å²) in [6, 6.07) is 15.0. The summed E-state index contributed by atoms with van der Waals surface area (Å²) in [5.41, 5.74) is 3.22. The number of benzene rings is 2. The Labute approximate surface area is 176 Å². The number of amides is 3. The Hall–Kier alpha value is -3.15. The van der Waals surface area contributed by atoms with Gasteiger partial charge < -0.3 is 15.1 Å². The zero-order valence-corrected chi connectivity index (χ0v) is 17.3. The number of carbonyl (C=O) groups is 3. The van der Waals surface area contributed by atoms with E-state index >= 15 is 0 Å². The maximum absolute atomic E-state index is 13.7. The van der Waals surface area contributed by atoms with Crippen molar-refractivity contribution < 1.29 is 14.4 Å². The van der Waals surface area contributed by atoms with E-state index in [1.807, 2.05) is 60.4 Å². The summed E-state index contributed by atoms with van der Waals surface area (Å²) in [6.45, 7) is 3.45. The number of para-hydroxylation sites is 1. The number of hydrogen-bond acceptors (Lipinski definition) is 3. The molecule has 0 radical (unpaired) electrons. The molecule has 1 atom stereocenters. The lowest BCUT2D eigenvalue weighted by Crippen LogP contribution is -2.47. The van der Waals surface area contributed by atoms with Crippen molar-refractivity contribution in [3.63, 3.8) is 0 Å². The van der Waals surface area contributed by atoms with Gasteiger partial charge in [0.1, 0.15) is 6.54 Å². The molecule has 0 aromatic heterocycles. The molecule has 4 rings (SSSR count). The van der Waals surface area contributed by atoms with Crippen molar-refractivity contribution in [2.45, 2.75) is 38.5 Å². The zero-order chi connectivity index (χ0) is 21.1. The molecule has 1 fully saturated rings. The lowest BCUT2D eigenvalue weighted by Gasteiger charge is -2.33. The molecule has 6 heteroatoms. The van der Waals surface area contributed by atoms with Crippen molar-refractivity contribution >= 4 is 29.1 Å². The Bertz CT molecular complexity index is 948. The fourth-order valence-electron chi connectivity index (χ4n) is 4.22. The molecule has 1 N–H and O–H groups in total. The van der Waals surface area contributed by atoms with Gasteiger partial charge in [0.05, 0.1) is 5.92 Å². The number of nitrogens with zero attached hydrogens (tertiary/aromatic N) is 2. The summed E-state index contributed by atoms with van der Waals surface area (Å²) >= 11 is 0. The van der Waals surface area contributed by atoms with Gasteiger partial charge in [-0.25, -0.2) is 0 Å². The molecule has 2 aromatic carbocycles. The number of nitrogens with one attached hydrogen (secondary N) is 1. The number of rotatable bonds is 4. The largest absolute Gasteiger partial charge is 0.341 e. The molecule has 30 heavy (non-hydrogen) atoms. The van der Waals surface area contributed by atoms with Crippen LogP contribution in [0.3, 0.4) is 0 Å². The van der Waals surface area contributed by atoms with Crippen LogP contribution in [0.1, 0.15) is 42.7 Å². The average molecular weight is 405 g/mol. The van der Waals surface area contributed by atoms with Gasteiger partial charge in [-0.3, -0.25) is 14.4 Å². The molecule has 1 saturated heterocycles. The third-order valence-corrected chi connectivity index (χ3v) is 5.91. The molecule has 156 valence electrons. The Balaban J connectivity index is 1.65. The smallest absolute Gasteiger partial charge is 0.242 e. The van der Waals surface area contributed by atoms with Gasteiger partial charge in [-0.05, 0) is 49.9 Å². The maximum Gasteiger partial charge on any atom is 0.242 e. The minimum absolute atomic E-state index is 0.0117. The highest BCUT2D eigenvalue weighted by molar-refractivity contribution is 6.07. The van der Waals surface area contributed by atoms with Crippen molar-refractivity contribution in [2.24, 2.45) is 0 Å².